The van der Waals surface area contributed by atoms with Gasteiger partial charge in [-0.15, -0.1) is 0 Å². The van der Waals surface area contributed by atoms with Crippen LogP contribution in [-0.2, 0) is 0 Å². The fourth-order valence-electron chi connectivity index (χ4n) is 4.30. The van der Waals surface area contributed by atoms with Crippen LogP contribution >= 0.6 is 0 Å². The summed E-state index contributed by atoms with van der Waals surface area (Å²) >= 11 is 0. The van der Waals surface area contributed by atoms with Gasteiger partial charge >= 0.3 is 0 Å². The average molecular weight is 410 g/mol. The van der Waals surface area contributed by atoms with Crippen LogP contribution < -0.4 is 10.1 Å². The number of phenolic OH excluding ortho intramolecular Hbond substituents is 1. The number of halogens is 1. The molecule has 1 saturated heterocycles. The standard InChI is InChI=1S/C24H27FN2O3/c1-3-27(4-2)23(29)16-5-7-18(21(28)13-16)20-15-24(9-11-26-12-10-24)30-22-8-6-17(25)14-19(20)22/h5-8,13-15,26,28H,3-4,9-12H2,1-2H3. The summed E-state index contributed by atoms with van der Waals surface area (Å²) < 4.78 is 20.4. The average Bonchev–Trinajstić information content (AvgIpc) is 2.75. The van der Waals surface area contributed by atoms with Gasteiger partial charge in [0, 0.05) is 42.6 Å². The number of ether oxygens (including phenoxy) is 1. The number of aromatic hydroxyl groups is 1. The van der Waals surface area contributed by atoms with E-state index in [9.17, 15) is 14.3 Å². The van der Waals surface area contributed by atoms with E-state index in [2.05, 4.69) is 5.32 Å². The Balaban J connectivity index is 1.79. The molecular formula is C24H27FN2O3. The zero-order valence-electron chi connectivity index (χ0n) is 17.4. The van der Waals surface area contributed by atoms with Gasteiger partial charge in [0.1, 0.15) is 22.9 Å². The number of carbonyl (C=O) groups excluding carboxylic acids is 1. The van der Waals surface area contributed by atoms with E-state index in [1.807, 2.05) is 19.9 Å². The van der Waals surface area contributed by atoms with Crippen molar-refractivity contribution < 1.29 is 19.0 Å². The van der Waals surface area contributed by atoms with E-state index in [-0.39, 0.29) is 17.5 Å². The fourth-order valence-corrected chi connectivity index (χ4v) is 4.30. The monoisotopic (exact) mass is 410 g/mol. The van der Waals surface area contributed by atoms with Crippen molar-refractivity contribution in [2.75, 3.05) is 26.2 Å². The Morgan fingerprint density at radius 3 is 2.53 bits per heavy atom. The summed E-state index contributed by atoms with van der Waals surface area (Å²) in [6.07, 6.45) is 3.58. The summed E-state index contributed by atoms with van der Waals surface area (Å²) in [7, 11) is 0. The summed E-state index contributed by atoms with van der Waals surface area (Å²) in [5.41, 5.74) is 1.85. The van der Waals surface area contributed by atoms with Gasteiger partial charge in [0.2, 0.25) is 0 Å². The predicted octanol–water partition coefficient (Wildman–Crippen LogP) is 3.96. The lowest BCUT2D eigenvalue weighted by Crippen LogP contribution is -2.46. The molecule has 1 fully saturated rings. The van der Waals surface area contributed by atoms with E-state index in [1.165, 1.54) is 18.2 Å². The van der Waals surface area contributed by atoms with Crippen molar-refractivity contribution in [2.24, 2.45) is 0 Å². The lowest BCUT2D eigenvalue weighted by Gasteiger charge is -2.40. The molecule has 6 heteroatoms. The van der Waals surface area contributed by atoms with Gasteiger partial charge in [-0.3, -0.25) is 4.79 Å². The van der Waals surface area contributed by atoms with Crippen molar-refractivity contribution in [1.29, 1.82) is 0 Å². The van der Waals surface area contributed by atoms with Crippen molar-refractivity contribution >= 4 is 11.5 Å². The van der Waals surface area contributed by atoms with Crippen molar-refractivity contribution in [3.05, 3.63) is 65.0 Å². The topological polar surface area (TPSA) is 61.8 Å². The van der Waals surface area contributed by atoms with Crippen LogP contribution in [0, 0.1) is 5.82 Å². The molecule has 4 rings (SSSR count). The fraction of sp³-hybridized carbons (Fsp3) is 0.375. The molecule has 0 bridgehead atoms. The largest absolute Gasteiger partial charge is 0.507 e. The molecule has 2 aliphatic heterocycles. The number of amides is 1. The first-order valence-corrected chi connectivity index (χ1v) is 10.5. The number of nitrogens with one attached hydrogen (secondary N) is 1. The molecule has 2 aliphatic rings. The van der Waals surface area contributed by atoms with Gasteiger partial charge in [-0.2, -0.15) is 0 Å². The number of hydrogen-bond acceptors (Lipinski definition) is 4. The molecule has 0 aromatic heterocycles. The smallest absolute Gasteiger partial charge is 0.253 e. The predicted molar refractivity (Wildman–Crippen MR) is 114 cm³/mol. The number of phenols is 1. The molecule has 5 nitrogen and oxygen atoms in total. The van der Waals surface area contributed by atoms with Crippen molar-refractivity contribution in [2.45, 2.75) is 32.3 Å². The highest BCUT2D eigenvalue weighted by Crippen LogP contribution is 2.44. The van der Waals surface area contributed by atoms with Gasteiger partial charge in [0.05, 0.1) is 0 Å². The van der Waals surface area contributed by atoms with Crippen molar-refractivity contribution in [3.63, 3.8) is 0 Å². The highest BCUT2D eigenvalue weighted by atomic mass is 19.1. The third kappa shape index (κ3) is 3.67. The number of carbonyl (C=O) groups is 1. The molecule has 30 heavy (non-hydrogen) atoms. The van der Waals surface area contributed by atoms with Crippen LogP contribution in [-0.4, -0.2) is 47.7 Å². The molecule has 2 aromatic rings. The molecule has 0 aliphatic carbocycles. The molecule has 2 aromatic carbocycles. The van der Waals surface area contributed by atoms with Gasteiger partial charge in [0.15, 0.2) is 0 Å². The maximum atomic E-state index is 14.0. The molecule has 1 spiro atoms. The van der Waals surface area contributed by atoms with Gasteiger partial charge in [-0.1, -0.05) is 0 Å². The van der Waals surface area contributed by atoms with Crippen LogP contribution in [0.5, 0.6) is 11.5 Å². The van der Waals surface area contributed by atoms with E-state index < -0.39 is 5.60 Å². The minimum atomic E-state index is -0.492. The molecule has 0 unspecified atom stereocenters. The van der Waals surface area contributed by atoms with Crippen LogP contribution in [0.1, 0.15) is 48.2 Å². The van der Waals surface area contributed by atoms with Crippen LogP contribution in [0.25, 0.3) is 5.57 Å². The van der Waals surface area contributed by atoms with Crippen molar-refractivity contribution in [3.8, 4) is 11.5 Å². The summed E-state index contributed by atoms with van der Waals surface area (Å²) in [5, 5.41) is 14.2. The number of benzene rings is 2. The lowest BCUT2D eigenvalue weighted by molar-refractivity contribution is 0.0771. The number of nitrogens with zero attached hydrogens (tertiary/aromatic N) is 1. The molecule has 0 radical (unpaired) electrons. The third-order valence-corrected chi connectivity index (χ3v) is 5.99. The first kappa shape index (κ1) is 20.4. The van der Waals surface area contributed by atoms with Crippen LogP contribution in [0.2, 0.25) is 0 Å². The molecule has 2 N–H and O–H groups in total. The second-order valence-electron chi connectivity index (χ2n) is 7.82. The molecule has 2 heterocycles. The lowest BCUT2D eigenvalue weighted by atomic mass is 9.83. The van der Waals surface area contributed by atoms with Crippen LogP contribution in [0.3, 0.4) is 0 Å². The first-order valence-electron chi connectivity index (χ1n) is 10.5. The highest BCUT2D eigenvalue weighted by Gasteiger charge is 2.37. The van der Waals surface area contributed by atoms with Gasteiger partial charge in [-0.25, -0.2) is 4.39 Å². The Morgan fingerprint density at radius 2 is 1.87 bits per heavy atom. The Kier molecular flexibility index (Phi) is 5.52. The first-order chi connectivity index (χ1) is 14.5. The Labute approximate surface area is 176 Å². The van der Waals surface area contributed by atoms with E-state index in [4.69, 9.17) is 4.74 Å². The molecule has 0 atom stereocenters. The molecule has 158 valence electrons. The zero-order chi connectivity index (χ0) is 21.3. The summed E-state index contributed by atoms with van der Waals surface area (Å²) in [6, 6.07) is 9.44. The zero-order valence-corrected chi connectivity index (χ0v) is 17.4. The second kappa shape index (κ2) is 8.11. The minimum absolute atomic E-state index is 0.000418. The van der Waals surface area contributed by atoms with E-state index >= 15 is 0 Å². The van der Waals surface area contributed by atoms with Crippen LogP contribution in [0.15, 0.2) is 42.5 Å². The van der Waals surface area contributed by atoms with E-state index in [0.717, 1.165) is 31.5 Å². The summed E-state index contributed by atoms with van der Waals surface area (Å²) in [6.45, 7) is 6.69. The minimum Gasteiger partial charge on any atom is -0.507 e. The number of rotatable bonds is 4. The molecular weight excluding hydrogens is 383 g/mol. The SMILES string of the molecule is CCN(CC)C(=O)c1ccc(C2=CC3(CCNCC3)Oc3ccc(F)cc32)c(O)c1. The number of piperidine rings is 1. The summed E-state index contributed by atoms with van der Waals surface area (Å²) in [4.78, 5) is 14.4. The number of hydrogen-bond donors (Lipinski definition) is 2. The molecule has 0 saturated carbocycles. The third-order valence-electron chi connectivity index (χ3n) is 5.99. The van der Waals surface area contributed by atoms with Gasteiger partial charge < -0.3 is 20.1 Å². The highest BCUT2D eigenvalue weighted by molar-refractivity contribution is 5.96. The molecule has 1 amide bonds. The van der Waals surface area contributed by atoms with Gasteiger partial charge in [0.25, 0.3) is 5.91 Å². The maximum absolute atomic E-state index is 14.0. The Morgan fingerprint density at radius 1 is 1.13 bits per heavy atom. The quantitative estimate of drug-likeness (QED) is 0.801. The maximum Gasteiger partial charge on any atom is 0.253 e. The summed E-state index contributed by atoms with van der Waals surface area (Å²) in [5.74, 6) is 0.125. The normalized spacial score (nSPS) is 17.1. The van der Waals surface area contributed by atoms with E-state index in [1.54, 1.807) is 23.1 Å². The van der Waals surface area contributed by atoms with E-state index in [0.29, 0.717) is 35.5 Å². The second-order valence-corrected chi connectivity index (χ2v) is 7.82. The van der Waals surface area contributed by atoms with Gasteiger partial charge in [-0.05, 0) is 75.0 Å². The van der Waals surface area contributed by atoms with Crippen molar-refractivity contribution in [1.82, 2.24) is 10.2 Å². The van der Waals surface area contributed by atoms with Crippen LogP contribution in [0.4, 0.5) is 4.39 Å². The number of fused-ring (bicyclic) bond motifs is 1. The Bertz CT molecular complexity index is 992. The Hall–Kier alpha value is -2.86.